The summed E-state index contributed by atoms with van der Waals surface area (Å²) in [6, 6.07) is 0. The molecule has 6 heteroatoms. The van der Waals surface area contributed by atoms with Gasteiger partial charge in [-0.3, -0.25) is 14.4 Å². The topological polar surface area (TPSA) is 78.9 Å². The van der Waals surface area contributed by atoms with Gasteiger partial charge in [-0.25, -0.2) is 0 Å². The van der Waals surface area contributed by atoms with Gasteiger partial charge in [0.15, 0.2) is 6.10 Å². The monoisotopic (exact) mass is 1090 g/mol. The van der Waals surface area contributed by atoms with E-state index in [0.29, 0.717) is 19.3 Å². The number of hydrogen-bond donors (Lipinski definition) is 0. The van der Waals surface area contributed by atoms with Gasteiger partial charge in [0.25, 0.3) is 0 Å². The number of hydrogen-bond acceptors (Lipinski definition) is 6. The van der Waals surface area contributed by atoms with Crippen LogP contribution in [0.15, 0.2) is 12.2 Å². The van der Waals surface area contributed by atoms with Crippen molar-refractivity contribution in [3.8, 4) is 0 Å². The maximum atomic E-state index is 12.9. The van der Waals surface area contributed by atoms with E-state index in [4.69, 9.17) is 14.2 Å². The lowest BCUT2D eigenvalue weighted by Gasteiger charge is -2.18. The average Bonchev–Trinajstić information content (AvgIpc) is 3.43. The highest BCUT2D eigenvalue weighted by Crippen LogP contribution is 2.19. The molecular formula is C71H136O6. The van der Waals surface area contributed by atoms with E-state index in [2.05, 4.69) is 32.9 Å². The van der Waals surface area contributed by atoms with E-state index in [1.807, 2.05) is 0 Å². The second-order valence-corrected chi connectivity index (χ2v) is 24.2. The summed E-state index contributed by atoms with van der Waals surface area (Å²) in [4.78, 5) is 38.3. The van der Waals surface area contributed by atoms with Crippen molar-refractivity contribution in [1.82, 2.24) is 0 Å². The van der Waals surface area contributed by atoms with Gasteiger partial charge in [-0.1, -0.05) is 354 Å². The van der Waals surface area contributed by atoms with Crippen LogP contribution in [-0.4, -0.2) is 37.2 Å². The van der Waals surface area contributed by atoms with Crippen LogP contribution in [0.5, 0.6) is 0 Å². The molecule has 0 saturated carbocycles. The quantitative estimate of drug-likeness (QED) is 0.0261. The molecule has 0 bridgehead atoms. The van der Waals surface area contributed by atoms with E-state index < -0.39 is 6.10 Å². The van der Waals surface area contributed by atoms with Gasteiger partial charge in [0.1, 0.15) is 13.2 Å². The second-order valence-electron chi connectivity index (χ2n) is 24.2. The molecule has 0 aromatic rings. The Morgan fingerprint density at radius 2 is 0.429 bits per heavy atom. The molecule has 0 heterocycles. The van der Waals surface area contributed by atoms with Crippen molar-refractivity contribution in [2.75, 3.05) is 13.2 Å². The molecule has 0 aliphatic carbocycles. The summed E-state index contributed by atoms with van der Waals surface area (Å²) in [6.45, 7) is 6.71. The van der Waals surface area contributed by atoms with E-state index >= 15 is 0 Å². The summed E-state index contributed by atoms with van der Waals surface area (Å²) in [5.74, 6) is -0.829. The fraction of sp³-hybridized carbons (Fsp3) is 0.930. The van der Waals surface area contributed by atoms with Gasteiger partial charge in [-0.2, -0.15) is 0 Å². The molecular weight excluding hydrogens is 949 g/mol. The Hall–Kier alpha value is -1.85. The van der Waals surface area contributed by atoms with Gasteiger partial charge < -0.3 is 14.2 Å². The summed E-state index contributed by atoms with van der Waals surface area (Å²) in [5.41, 5.74) is 0. The molecule has 0 radical (unpaired) electrons. The zero-order chi connectivity index (χ0) is 55.7. The highest BCUT2D eigenvalue weighted by molar-refractivity contribution is 5.71. The number of unbranched alkanes of at least 4 members (excludes halogenated alkanes) is 53. The fourth-order valence-electron chi connectivity index (χ4n) is 11.0. The van der Waals surface area contributed by atoms with Gasteiger partial charge in [-0.15, -0.1) is 0 Å². The number of carbonyl (C=O) groups excluding carboxylic acids is 3. The highest BCUT2D eigenvalue weighted by Gasteiger charge is 2.19. The van der Waals surface area contributed by atoms with Gasteiger partial charge in [0.05, 0.1) is 0 Å². The number of rotatable bonds is 66. The molecule has 6 nitrogen and oxygen atoms in total. The minimum Gasteiger partial charge on any atom is -0.462 e. The lowest BCUT2D eigenvalue weighted by molar-refractivity contribution is -0.167. The SMILES string of the molecule is CCCCCCCCCC/C=C\CCCCCCCCCCCCCCCCCCCCCC(=O)OCC(COC(=O)CCCCCCCCCCCCC)OC(=O)CCCCCCCCCCCCCCCCCCC. The van der Waals surface area contributed by atoms with Crippen LogP contribution < -0.4 is 0 Å². The molecule has 0 aliphatic heterocycles. The van der Waals surface area contributed by atoms with Crippen LogP contribution >= 0.6 is 0 Å². The molecule has 0 aromatic carbocycles. The number of allylic oxidation sites excluding steroid dienone is 2. The smallest absolute Gasteiger partial charge is 0.306 e. The van der Waals surface area contributed by atoms with Crippen molar-refractivity contribution >= 4 is 17.9 Å². The third-order valence-corrected chi connectivity index (χ3v) is 16.3. The molecule has 0 aromatic heterocycles. The molecule has 0 amide bonds. The van der Waals surface area contributed by atoms with Gasteiger partial charge in [0, 0.05) is 19.3 Å². The Balaban J connectivity index is 4.07. The summed E-state index contributed by atoms with van der Waals surface area (Å²) in [6.07, 6.45) is 79.7. The van der Waals surface area contributed by atoms with Crippen LogP contribution in [0.3, 0.4) is 0 Å². The highest BCUT2D eigenvalue weighted by atomic mass is 16.6. The van der Waals surface area contributed by atoms with Gasteiger partial charge in [-0.05, 0) is 44.9 Å². The predicted octanol–water partition coefficient (Wildman–Crippen LogP) is 24.0. The lowest BCUT2D eigenvalue weighted by atomic mass is 10.0. The summed E-state index contributed by atoms with van der Waals surface area (Å²) < 4.78 is 17.0. The molecule has 1 atom stereocenters. The molecule has 456 valence electrons. The average molecular weight is 1090 g/mol. The maximum Gasteiger partial charge on any atom is 0.306 e. The van der Waals surface area contributed by atoms with E-state index in [1.165, 1.54) is 308 Å². The van der Waals surface area contributed by atoms with E-state index in [-0.39, 0.29) is 31.1 Å². The largest absolute Gasteiger partial charge is 0.462 e. The third kappa shape index (κ3) is 64.9. The molecule has 77 heavy (non-hydrogen) atoms. The summed E-state index contributed by atoms with van der Waals surface area (Å²) in [5, 5.41) is 0. The van der Waals surface area contributed by atoms with Crippen molar-refractivity contribution in [1.29, 1.82) is 0 Å². The van der Waals surface area contributed by atoms with Crippen LogP contribution in [0, 0.1) is 0 Å². The van der Waals surface area contributed by atoms with Crippen LogP contribution in [0.1, 0.15) is 406 Å². The Labute approximate surface area is 481 Å². The van der Waals surface area contributed by atoms with Crippen molar-refractivity contribution < 1.29 is 28.6 Å². The first kappa shape index (κ1) is 75.2. The molecule has 0 fully saturated rings. The zero-order valence-corrected chi connectivity index (χ0v) is 52.5. The van der Waals surface area contributed by atoms with Crippen molar-refractivity contribution in [2.24, 2.45) is 0 Å². The normalized spacial score (nSPS) is 12.0. The Morgan fingerprint density at radius 3 is 0.649 bits per heavy atom. The van der Waals surface area contributed by atoms with Crippen LogP contribution in [0.4, 0.5) is 0 Å². The summed E-state index contributed by atoms with van der Waals surface area (Å²) in [7, 11) is 0. The Bertz CT molecular complexity index is 1200. The molecule has 0 rings (SSSR count). The standard InChI is InChI=1S/C71H136O6/c1-4-7-10-13-16-19-22-24-26-28-29-30-31-32-33-34-35-36-37-38-39-40-41-43-44-46-49-52-55-58-61-64-70(73)76-67-68(66-75-69(72)63-60-57-54-51-48-21-18-15-12-9-6-3)77-71(74)65-62-59-56-53-50-47-45-42-27-25-23-20-17-14-11-8-5-2/h28-29,68H,4-27,30-67H2,1-3H3/b29-28-. The van der Waals surface area contributed by atoms with E-state index in [9.17, 15) is 14.4 Å². The molecule has 0 N–H and O–H groups in total. The van der Waals surface area contributed by atoms with Crippen molar-refractivity contribution in [3.63, 3.8) is 0 Å². The van der Waals surface area contributed by atoms with E-state index in [0.717, 1.165) is 57.8 Å². The van der Waals surface area contributed by atoms with E-state index in [1.54, 1.807) is 0 Å². The Kier molecular flexibility index (Phi) is 65.1. The summed E-state index contributed by atoms with van der Waals surface area (Å²) >= 11 is 0. The van der Waals surface area contributed by atoms with Crippen molar-refractivity contribution in [2.45, 2.75) is 412 Å². The third-order valence-electron chi connectivity index (χ3n) is 16.3. The minimum atomic E-state index is -0.764. The molecule has 0 saturated heterocycles. The first-order valence-electron chi connectivity index (χ1n) is 35.2. The Morgan fingerprint density at radius 1 is 0.247 bits per heavy atom. The number of carbonyl (C=O) groups is 3. The van der Waals surface area contributed by atoms with Crippen LogP contribution in [-0.2, 0) is 28.6 Å². The van der Waals surface area contributed by atoms with Gasteiger partial charge >= 0.3 is 17.9 Å². The lowest BCUT2D eigenvalue weighted by Crippen LogP contribution is -2.30. The fourth-order valence-corrected chi connectivity index (χ4v) is 11.0. The van der Waals surface area contributed by atoms with Gasteiger partial charge in [0.2, 0.25) is 0 Å². The number of ether oxygens (including phenoxy) is 3. The van der Waals surface area contributed by atoms with Crippen LogP contribution in [0.25, 0.3) is 0 Å². The molecule has 0 spiro atoms. The predicted molar refractivity (Wildman–Crippen MR) is 335 cm³/mol. The molecule has 1 unspecified atom stereocenters. The van der Waals surface area contributed by atoms with Crippen molar-refractivity contribution in [3.05, 3.63) is 12.2 Å². The first-order valence-corrected chi connectivity index (χ1v) is 35.2. The minimum absolute atomic E-state index is 0.0621. The zero-order valence-electron chi connectivity index (χ0n) is 52.5. The van der Waals surface area contributed by atoms with Crippen LogP contribution in [0.2, 0.25) is 0 Å². The molecule has 0 aliphatic rings. The number of esters is 3. The maximum absolute atomic E-state index is 12.9. The first-order chi connectivity index (χ1) is 38.0. The second kappa shape index (κ2) is 66.7.